The lowest BCUT2D eigenvalue weighted by Gasteiger charge is -2.11. The van der Waals surface area contributed by atoms with Crippen LogP contribution in [-0.2, 0) is 4.79 Å². The van der Waals surface area contributed by atoms with Crippen LogP contribution in [0.3, 0.4) is 0 Å². The molecule has 26 heavy (non-hydrogen) atoms. The Bertz CT molecular complexity index is 999. The average molecular weight is 354 g/mol. The van der Waals surface area contributed by atoms with Gasteiger partial charge in [0.2, 0.25) is 0 Å². The van der Waals surface area contributed by atoms with Crippen molar-refractivity contribution in [2.75, 3.05) is 6.61 Å². The molecule has 2 N–H and O–H groups in total. The molecule has 0 radical (unpaired) electrons. The number of primary amides is 1. The zero-order chi connectivity index (χ0) is 18.7. The number of hydrogen-bond donors (Lipinski definition) is 1. The zero-order valence-electron chi connectivity index (χ0n) is 13.9. The van der Waals surface area contributed by atoms with E-state index in [1.165, 1.54) is 19.1 Å². The van der Waals surface area contributed by atoms with Gasteiger partial charge < -0.3 is 15.2 Å². The number of ether oxygens (including phenoxy) is 2. The fraction of sp³-hybridized carbons (Fsp3) is 0.105. The third-order valence-corrected chi connectivity index (χ3v) is 3.72. The number of benzene rings is 2. The summed E-state index contributed by atoms with van der Waals surface area (Å²) in [6.45, 7) is 1.05. The van der Waals surface area contributed by atoms with Crippen LogP contribution in [0, 0.1) is 12.7 Å². The Kier molecular flexibility index (Phi) is 4.79. The number of fused-ring (bicyclic) bond motifs is 1. The molecule has 0 aliphatic carbocycles. The van der Waals surface area contributed by atoms with Gasteiger partial charge in [-0.1, -0.05) is 18.2 Å². The summed E-state index contributed by atoms with van der Waals surface area (Å²) in [5.74, 6) is -2.41. The van der Waals surface area contributed by atoms with Crippen LogP contribution in [0.25, 0.3) is 10.9 Å². The lowest BCUT2D eigenvalue weighted by atomic mass is 10.1. The first-order chi connectivity index (χ1) is 12.5. The van der Waals surface area contributed by atoms with Crippen LogP contribution in [0.5, 0.6) is 11.5 Å². The minimum absolute atomic E-state index is 0.220. The molecule has 0 saturated heterocycles. The second-order valence-corrected chi connectivity index (χ2v) is 5.52. The molecule has 1 aromatic heterocycles. The van der Waals surface area contributed by atoms with Gasteiger partial charge in [0.25, 0.3) is 5.91 Å². The van der Waals surface area contributed by atoms with Gasteiger partial charge in [-0.05, 0) is 36.8 Å². The summed E-state index contributed by atoms with van der Waals surface area (Å²) in [5, 5.41) is 0.738. The first-order valence-corrected chi connectivity index (χ1v) is 7.73. The van der Waals surface area contributed by atoms with Crippen molar-refractivity contribution in [3.8, 4) is 11.5 Å². The average Bonchev–Trinajstić information content (AvgIpc) is 2.63. The van der Waals surface area contributed by atoms with E-state index < -0.39 is 29.9 Å². The van der Waals surface area contributed by atoms with Crippen molar-refractivity contribution < 1.29 is 23.5 Å². The highest BCUT2D eigenvalue weighted by Gasteiger charge is 2.20. The van der Waals surface area contributed by atoms with E-state index in [1.54, 1.807) is 12.3 Å². The SMILES string of the molecule is Cc1ccc(OC(=O)COc2ccnc3ccccc23)c(C(N)=O)c1F. The van der Waals surface area contributed by atoms with E-state index in [9.17, 15) is 14.0 Å². The number of aromatic nitrogens is 1. The van der Waals surface area contributed by atoms with Crippen LogP contribution < -0.4 is 15.2 Å². The molecule has 0 spiro atoms. The lowest BCUT2D eigenvalue weighted by Crippen LogP contribution is -2.21. The van der Waals surface area contributed by atoms with Crippen molar-refractivity contribution >= 4 is 22.8 Å². The van der Waals surface area contributed by atoms with E-state index in [-0.39, 0.29) is 11.3 Å². The topological polar surface area (TPSA) is 91.5 Å². The molecule has 3 rings (SSSR count). The minimum atomic E-state index is -1.02. The molecule has 0 atom stereocenters. The van der Waals surface area contributed by atoms with Gasteiger partial charge in [0.15, 0.2) is 6.61 Å². The fourth-order valence-electron chi connectivity index (χ4n) is 2.46. The maximum Gasteiger partial charge on any atom is 0.349 e. The number of nitrogens with two attached hydrogens (primary N) is 1. The first kappa shape index (κ1) is 17.3. The number of para-hydroxylation sites is 1. The number of amides is 1. The predicted molar refractivity (Wildman–Crippen MR) is 92.5 cm³/mol. The molecule has 0 saturated carbocycles. The Hall–Kier alpha value is -3.48. The maximum absolute atomic E-state index is 14.1. The summed E-state index contributed by atoms with van der Waals surface area (Å²) >= 11 is 0. The lowest BCUT2D eigenvalue weighted by molar-refractivity contribution is -0.136. The van der Waals surface area contributed by atoms with Crippen molar-refractivity contribution in [3.63, 3.8) is 0 Å². The molecule has 0 unspecified atom stereocenters. The van der Waals surface area contributed by atoms with Gasteiger partial charge in [0, 0.05) is 11.6 Å². The van der Waals surface area contributed by atoms with Gasteiger partial charge in [0.1, 0.15) is 22.9 Å². The van der Waals surface area contributed by atoms with Gasteiger partial charge in [-0.3, -0.25) is 9.78 Å². The maximum atomic E-state index is 14.1. The Morgan fingerprint density at radius 1 is 1.12 bits per heavy atom. The molecule has 0 aliphatic rings. The van der Waals surface area contributed by atoms with Crippen LogP contribution in [0.1, 0.15) is 15.9 Å². The molecule has 0 aliphatic heterocycles. The predicted octanol–water partition coefficient (Wildman–Crippen LogP) is 2.77. The van der Waals surface area contributed by atoms with E-state index in [2.05, 4.69) is 4.98 Å². The Morgan fingerprint density at radius 2 is 1.88 bits per heavy atom. The van der Waals surface area contributed by atoms with E-state index in [0.717, 1.165) is 10.9 Å². The van der Waals surface area contributed by atoms with Gasteiger partial charge in [-0.2, -0.15) is 0 Å². The summed E-state index contributed by atoms with van der Waals surface area (Å²) in [6.07, 6.45) is 1.56. The zero-order valence-corrected chi connectivity index (χ0v) is 13.9. The van der Waals surface area contributed by atoms with Crippen LogP contribution in [0.15, 0.2) is 48.7 Å². The van der Waals surface area contributed by atoms with Gasteiger partial charge in [-0.15, -0.1) is 0 Å². The molecule has 6 nitrogen and oxygen atoms in total. The standard InChI is InChI=1S/C19H15FN2O4/c1-11-6-7-15(17(18(11)20)19(21)24)26-16(23)10-25-14-8-9-22-13-5-3-2-4-12(13)14/h2-9H,10H2,1H3,(H2,21,24). The van der Waals surface area contributed by atoms with Crippen molar-refractivity contribution in [2.24, 2.45) is 5.73 Å². The number of aryl methyl sites for hydroxylation is 1. The van der Waals surface area contributed by atoms with Gasteiger partial charge in [0.05, 0.1) is 5.52 Å². The Morgan fingerprint density at radius 3 is 2.65 bits per heavy atom. The monoisotopic (exact) mass is 354 g/mol. The number of pyridine rings is 1. The summed E-state index contributed by atoms with van der Waals surface area (Å²) < 4.78 is 24.6. The molecule has 0 fully saturated rings. The van der Waals surface area contributed by atoms with E-state index >= 15 is 0 Å². The second kappa shape index (κ2) is 7.18. The second-order valence-electron chi connectivity index (χ2n) is 5.52. The molecule has 0 bridgehead atoms. The molecule has 2 aromatic carbocycles. The largest absolute Gasteiger partial charge is 0.481 e. The number of rotatable bonds is 5. The number of hydrogen-bond acceptors (Lipinski definition) is 5. The quantitative estimate of drug-likeness (QED) is 0.562. The van der Waals surface area contributed by atoms with Crippen LogP contribution in [0.4, 0.5) is 4.39 Å². The fourth-order valence-corrected chi connectivity index (χ4v) is 2.46. The highest BCUT2D eigenvalue weighted by molar-refractivity contribution is 5.97. The van der Waals surface area contributed by atoms with E-state index in [1.807, 2.05) is 24.3 Å². The third-order valence-electron chi connectivity index (χ3n) is 3.72. The summed E-state index contributed by atoms with van der Waals surface area (Å²) in [4.78, 5) is 27.7. The molecular weight excluding hydrogens is 339 g/mol. The van der Waals surface area contributed by atoms with Gasteiger partial charge >= 0.3 is 5.97 Å². The Labute approximate surface area is 148 Å². The van der Waals surface area contributed by atoms with Crippen molar-refractivity contribution in [2.45, 2.75) is 6.92 Å². The highest BCUT2D eigenvalue weighted by atomic mass is 19.1. The van der Waals surface area contributed by atoms with E-state index in [0.29, 0.717) is 5.75 Å². The summed E-state index contributed by atoms with van der Waals surface area (Å²) in [6, 6.07) is 11.6. The third kappa shape index (κ3) is 3.46. The molecular formula is C19H15FN2O4. The summed E-state index contributed by atoms with van der Waals surface area (Å²) in [7, 11) is 0. The number of carbonyl (C=O) groups excluding carboxylic acids is 2. The number of esters is 1. The van der Waals surface area contributed by atoms with Crippen molar-refractivity contribution in [3.05, 3.63) is 65.6 Å². The van der Waals surface area contributed by atoms with Crippen LogP contribution in [-0.4, -0.2) is 23.5 Å². The van der Waals surface area contributed by atoms with Crippen molar-refractivity contribution in [1.29, 1.82) is 0 Å². The van der Waals surface area contributed by atoms with Crippen LogP contribution in [0.2, 0.25) is 0 Å². The van der Waals surface area contributed by atoms with Crippen LogP contribution >= 0.6 is 0 Å². The highest BCUT2D eigenvalue weighted by Crippen LogP contribution is 2.25. The van der Waals surface area contributed by atoms with E-state index in [4.69, 9.17) is 15.2 Å². The molecule has 7 heteroatoms. The minimum Gasteiger partial charge on any atom is -0.481 e. The summed E-state index contributed by atoms with van der Waals surface area (Å²) in [5.41, 5.74) is 5.65. The normalized spacial score (nSPS) is 10.5. The first-order valence-electron chi connectivity index (χ1n) is 7.73. The van der Waals surface area contributed by atoms with Crippen molar-refractivity contribution in [1.82, 2.24) is 4.98 Å². The number of halogens is 1. The molecule has 1 heterocycles. The number of carbonyl (C=O) groups is 2. The molecule has 1 amide bonds. The number of nitrogens with zero attached hydrogens (tertiary/aromatic N) is 1. The van der Waals surface area contributed by atoms with Gasteiger partial charge in [-0.25, -0.2) is 9.18 Å². The molecule has 3 aromatic rings. The Balaban J connectivity index is 1.76. The molecule has 132 valence electrons. The smallest absolute Gasteiger partial charge is 0.349 e.